The molecule has 3 saturated carbocycles. The topological polar surface area (TPSA) is 208 Å². The van der Waals surface area contributed by atoms with Crippen LogP contribution < -0.4 is 23.7 Å². The third-order valence-electron chi connectivity index (χ3n) is 21.1. The van der Waals surface area contributed by atoms with Crippen molar-refractivity contribution in [2.24, 2.45) is 70.0 Å². The molecule has 0 amide bonds. The Morgan fingerprint density at radius 2 is 1.34 bits per heavy atom. The van der Waals surface area contributed by atoms with Crippen LogP contribution in [0.25, 0.3) is 0 Å². The highest BCUT2D eigenvalue weighted by molar-refractivity contribution is 6.00. The summed E-state index contributed by atoms with van der Waals surface area (Å²) < 4.78 is 31.5. The number of fused-ring (bicyclic) bond motifs is 5. The highest BCUT2D eigenvalue weighted by atomic mass is 16.7. The van der Waals surface area contributed by atoms with Crippen LogP contribution in [-0.4, -0.2) is 76.0 Å². The maximum atomic E-state index is 11.6. The van der Waals surface area contributed by atoms with E-state index in [2.05, 4.69) is 107 Å². The zero-order valence-electron chi connectivity index (χ0n) is 58.5. The zero-order valence-corrected chi connectivity index (χ0v) is 58.5. The second kappa shape index (κ2) is 33.7. The second-order valence-electron chi connectivity index (χ2n) is 28.6. The lowest BCUT2D eigenvalue weighted by Crippen LogP contribution is -2.53. The maximum Gasteiger partial charge on any atom is 0.314 e. The molecule has 14 rings (SSSR count). The van der Waals surface area contributed by atoms with Gasteiger partial charge in [-0.25, -0.2) is 0 Å². The number of rotatable bonds is 12. The standard InChI is InChI=1S/C15H22O.2C12H14O4.C10H14O2.C10H16O.C10H14O.C10H16O/c1-11(2)9-15(16)10-13(4)14-7-5-12(3)6-8-14;1-3-4-8-5-9(6-13)11-12(10(8)14-2)16-7-15-11;1-2-3-8-4-11-12(16-7-15-11)10(6-14)9(8)5-13;1-6-3-4-8-7(2)5-12-10(11)9(6)8;2*1-6-4-9(11)8-5-7(6)10(8,2)3;1-7(2)9-5-4-8(3)10(11)6-9/h5,7,9-10,12,14H,6,8H2,1-4H3;3,5,13H,1,4,6-7H2,2H3;2,4,13-14H,1,3,5-7H2;5-6,8-9H,3-4H2,1-2H3;4,7-9,11H,5H2,1-3H3;4,7-8H,5H2,1-3H3;4,9-11H,1,5-6H2,2-3H3/b13-10-;;;;;;/t12?,14-;;;;;;9-,10+/m0.....1/s1. The van der Waals surface area contributed by atoms with Crippen molar-refractivity contribution in [3.63, 3.8) is 0 Å². The molecule has 2 aromatic rings. The number of hydrogen-bond donors (Lipinski definition) is 5. The third kappa shape index (κ3) is 18.3. The largest absolute Gasteiger partial charge is 0.492 e. The average Bonchev–Trinajstić information content (AvgIpc) is 1.71. The molecular weight excluding hydrogens is 1170 g/mol. The van der Waals surface area contributed by atoms with E-state index in [1.165, 1.54) is 47.1 Å². The summed E-state index contributed by atoms with van der Waals surface area (Å²) in [6.07, 6.45) is 28.9. The molecule has 0 saturated heterocycles. The Morgan fingerprint density at radius 3 is 1.87 bits per heavy atom. The molecule has 3 heterocycles. The predicted octanol–water partition coefficient (Wildman–Crippen LogP) is 15.4. The van der Waals surface area contributed by atoms with Crippen LogP contribution in [0, 0.1) is 70.0 Å². The van der Waals surface area contributed by atoms with Gasteiger partial charge in [-0.15, -0.1) is 13.2 Å². The summed E-state index contributed by atoms with van der Waals surface area (Å²) in [5.74, 6) is 8.49. The lowest BCUT2D eigenvalue weighted by Gasteiger charge is -2.57. The first-order valence-electron chi connectivity index (χ1n) is 33.5. The molecule has 2 aromatic carbocycles. The van der Waals surface area contributed by atoms with E-state index in [1.807, 2.05) is 52.0 Å². The van der Waals surface area contributed by atoms with Gasteiger partial charge in [0.15, 0.2) is 34.6 Å². The molecule has 510 valence electrons. The van der Waals surface area contributed by atoms with Crippen LogP contribution in [0.15, 0.2) is 132 Å². The average molecular weight is 1280 g/mol. The number of ketones is 2. The summed E-state index contributed by atoms with van der Waals surface area (Å²) in [4.78, 5) is 34.3. The normalized spacial score (nSPS) is 27.8. The van der Waals surface area contributed by atoms with E-state index >= 15 is 0 Å². The van der Waals surface area contributed by atoms with Gasteiger partial charge in [-0.2, -0.15) is 0 Å². The number of carbonyl (C=O) groups excluding carboxylic acids is 3. The molecule has 5 N–H and O–H groups in total. The van der Waals surface area contributed by atoms with Crippen LogP contribution in [0.3, 0.4) is 0 Å². The van der Waals surface area contributed by atoms with E-state index in [4.69, 9.17) is 28.4 Å². The molecule has 3 fully saturated rings. The first-order chi connectivity index (χ1) is 44.0. The smallest absolute Gasteiger partial charge is 0.314 e. The fourth-order valence-electron chi connectivity index (χ4n) is 15.0. The van der Waals surface area contributed by atoms with Gasteiger partial charge in [0.2, 0.25) is 19.3 Å². The van der Waals surface area contributed by atoms with Gasteiger partial charge in [0, 0.05) is 22.6 Å². The van der Waals surface area contributed by atoms with Crippen molar-refractivity contribution in [2.45, 2.75) is 193 Å². The van der Waals surface area contributed by atoms with Gasteiger partial charge in [0.25, 0.3) is 0 Å². The van der Waals surface area contributed by atoms with Crippen LogP contribution in [0.2, 0.25) is 0 Å². The van der Waals surface area contributed by atoms with Crippen LogP contribution in [0.1, 0.15) is 176 Å². The molecule has 14 nitrogen and oxygen atoms in total. The van der Waals surface area contributed by atoms with Crippen molar-refractivity contribution in [3.05, 3.63) is 160 Å². The van der Waals surface area contributed by atoms with Crippen molar-refractivity contribution in [2.75, 3.05) is 20.7 Å². The number of methoxy groups -OCH3 is 1. The Balaban J connectivity index is 0.000000173. The summed E-state index contributed by atoms with van der Waals surface area (Å²) in [6.45, 7) is 40.8. The molecule has 0 aromatic heterocycles. The minimum Gasteiger partial charge on any atom is -0.492 e. The van der Waals surface area contributed by atoms with Crippen LogP contribution in [0.4, 0.5) is 0 Å². The molecule has 14 heteroatoms. The van der Waals surface area contributed by atoms with E-state index in [1.54, 1.807) is 37.7 Å². The van der Waals surface area contributed by atoms with Gasteiger partial charge >= 0.3 is 5.97 Å². The van der Waals surface area contributed by atoms with Gasteiger partial charge in [-0.1, -0.05) is 112 Å². The Hall–Kier alpha value is -6.55. The predicted molar refractivity (Wildman–Crippen MR) is 368 cm³/mol. The number of allylic oxidation sites excluding steroid dienone is 14. The summed E-state index contributed by atoms with van der Waals surface area (Å²) in [5, 5.41) is 47.1. The minimum absolute atomic E-state index is 0.0180. The lowest BCUT2D eigenvalue weighted by atomic mass is 9.48. The van der Waals surface area contributed by atoms with E-state index in [9.17, 15) is 39.9 Å². The monoisotopic (exact) mass is 1280 g/mol. The Morgan fingerprint density at radius 1 is 0.699 bits per heavy atom. The number of aliphatic hydroxyl groups is 5. The first-order valence-corrected chi connectivity index (χ1v) is 33.5. The number of benzene rings is 2. The molecule has 12 atom stereocenters. The van der Waals surface area contributed by atoms with Crippen molar-refractivity contribution in [3.8, 4) is 28.7 Å². The van der Waals surface area contributed by atoms with E-state index in [0.29, 0.717) is 117 Å². The molecule has 0 spiro atoms. The minimum atomic E-state index is -0.231. The number of esters is 1. The fraction of sp³-hybridized carbons (Fsp3) is 0.557. The number of hydrogen-bond acceptors (Lipinski definition) is 14. The zero-order chi connectivity index (χ0) is 68.8. The second-order valence-corrected chi connectivity index (χ2v) is 28.6. The van der Waals surface area contributed by atoms with Crippen molar-refractivity contribution in [1.82, 2.24) is 0 Å². The Kier molecular flexibility index (Phi) is 27.4. The highest BCUT2D eigenvalue weighted by Crippen LogP contribution is 2.59. The molecule has 12 aliphatic rings. The Labute approximate surface area is 555 Å². The summed E-state index contributed by atoms with van der Waals surface area (Å²) in [6, 6.07) is 3.68. The number of carbonyl (C=O) groups is 3. The van der Waals surface area contributed by atoms with Crippen molar-refractivity contribution < 1.29 is 68.3 Å². The van der Waals surface area contributed by atoms with Gasteiger partial charge in [-0.05, 0) is 230 Å². The van der Waals surface area contributed by atoms with E-state index < -0.39 is 0 Å². The highest BCUT2D eigenvalue weighted by Gasteiger charge is 2.55. The van der Waals surface area contributed by atoms with Gasteiger partial charge < -0.3 is 54.0 Å². The lowest BCUT2D eigenvalue weighted by molar-refractivity contribution is -0.146. The SMILES string of the molecule is C=C(C)[C@@H]1CC=C(C)[C@@H](O)C1.C=CCc1cc(CO)c2c(c1OC)OCO2.C=CCc1cc2c(c(CO)c1CO)OCO2.CC(C)=CC(=O)/C=C(/C)[C@H]1C=CC(C)CC1.CC1=CC(=O)C2CC1C2(C)C.CC1=CC(O)C2CC1C2(C)C.CC1=COC(=O)C2C(C)CCC12. The summed E-state index contributed by atoms with van der Waals surface area (Å²) >= 11 is 0. The number of ether oxygens (including phenoxy) is 6. The van der Waals surface area contributed by atoms with Gasteiger partial charge in [-0.3, -0.25) is 14.4 Å². The maximum absolute atomic E-state index is 11.6. The summed E-state index contributed by atoms with van der Waals surface area (Å²) in [7, 11) is 1.59. The quantitative estimate of drug-likeness (QED) is 0.0761. The fourth-order valence-corrected chi connectivity index (χ4v) is 15.0. The van der Waals surface area contributed by atoms with E-state index in [-0.39, 0.29) is 68.7 Å². The molecule has 4 bridgehead atoms. The molecule has 9 aliphatic carbocycles. The number of cyclic esters (lactones) is 1. The third-order valence-corrected chi connectivity index (χ3v) is 21.1. The van der Waals surface area contributed by atoms with E-state index in [0.717, 1.165) is 60.3 Å². The molecule has 3 aliphatic heterocycles. The first kappa shape index (κ1) is 75.5. The van der Waals surface area contributed by atoms with Crippen LogP contribution in [0.5, 0.6) is 28.7 Å². The Bertz CT molecular complexity index is 3240. The van der Waals surface area contributed by atoms with Gasteiger partial charge in [0.05, 0.1) is 51.3 Å². The number of aliphatic hydroxyl groups excluding tert-OH is 5. The van der Waals surface area contributed by atoms with Crippen LogP contribution >= 0.6 is 0 Å². The molecule has 93 heavy (non-hydrogen) atoms. The van der Waals surface area contributed by atoms with Crippen molar-refractivity contribution >= 4 is 17.5 Å². The van der Waals surface area contributed by atoms with Gasteiger partial charge in [0.1, 0.15) is 0 Å². The van der Waals surface area contributed by atoms with Crippen molar-refractivity contribution in [1.29, 1.82) is 0 Å². The molecule has 0 radical (unpaired) electrons. The molecule has 9 unspecified atom stereocenters. The molecular formula is C79H110O14. The summed E-state index contributed by atoms with van der Waals surface area (Å²) in [5.41, 5.74) is 13.0. The van der Waals surface area contributed by atoms with Crippen LogP contribution in [-0.2, 0) is 51.8 Å².